The molecule has 0 heterocycles. The zero-order chi connectivity index (χ0) is 18.4. The smallest absolute Gasteiger partial charge is 0.168 e. The summed E-state index contributed by atoms with van der Waals surface area (Å²) in [5, 5.41) is 0. The number of allylic oxidation sites excluding steroid dienone is 1. The lowest BCUT2D eigenvalue weighted by Crippen LogP contribution is -2.10. The number of benzene rings is 2. The molecule has 2 atom stereocenters. The van der Waals surface area contributed by atoms with Gasteiger partial charge >= 0.3 is 0 Å². The lowest BCUT2D eigenvalue weighted by molar-refractivity contribution is 0.320. The van der Waals surface area contributed by atoms with E-state index in [2.05, 4.69) is 13.0 Å². The Kier molecular flexibility index (Phi) is 4.38. The lowest BCUT2D eigenvalue weighted by atomic mass is 9.78. The van der Waals surface area contributed by atoms with Crippen LogP contribution in [0.1, 0.15) is 48.7 Å². The maximum absolute atomic E-state index is 15.1. The molecule has 132 valence electrons. The second kappa shape index (κ2) is 6.57. The Bertz CT molecular complexity index is 904. The summed E-state index contributed by atoms with van der Waals surface area (Å²) in [5.41, 5.74) is 3.75. The summed E-state index contributed by atoms with van der Waals surface area (Å²) in [6.07, 6.45) is 5.37. The van der Waals surface area contributed by atoms with Crippen molar-refractivity contribution in [2.75, 3.05) is 6.61 Å². The first-order valence-corrected chi connectivity index (χ1v) is 9.15. The Morgan fingerprint density at radius 2 is 1.77 bits per heavy atom. The van der Waals surface area contributed by atoms with Crippen molar-refractivity contribution in [3.8, 4) is 16.9 Å². The molecule has 4 rings (SSSR count). The van der Waals surface area contributed by atoms with E-state index < -0.39 is 11.6 Å². The van der Waals surface area contributed by atoms with Crippen LogP contribution >= 0.6 is 0 Å². The number of halogens is 2. The summed E-state index contributed by atoms with van der Waals surface area (Å²) in [5.74, 6) is -0.755. The molecule has 0 aliphatic heterocycles. The Labute approximate surface area is 154 Å². The molecule has 1 nitrogen and oxygen atoms in total. The van der Waals surface area contributed by atoms with Gasteiger partial charge in [-0.05, 0) is 77.4 Å². The molecular weight excluding hydrogens is 329 g/mol. The maximum atomic E-state index is 15.1. The van der Waals surface area contributed by atoms with Gasteiger partial charge in [-0.15, -0.1) is 0 Å². The predicted octanol–water partition coefficient (Wildman–Crippen LogP) is 5.64. The maximum Gasteiger partial charge on any atom is 0.168 e. The Balaban J connectivity index is 1.63. The Hall–Kier alpha value is -2.10. The van der Waals surface area contributed by atoms with Gasteiger partial charge in [-0.3, -0.25) is 0 Å². The van der Waals surface area contributed by atoms with Gasteiger partial charge in [-0.25, -0.2) is 8.78 Å². The normalized spacial score (nSPS) is 21.2. The van der Waals surface area contributed by atoms with E-state index in [1.165, 1.54) is 5.57 Å². The number of ether oxygens (including phenoxy) is 1. The minimum Gasteiger partial charge on any atom is -0.486 e. The van der Waals surface area contributed by atoms with Gasteiger partial charge in [0.1, 0.15) is 12.4 Å². The third kappa shape index (κ3) is 2.76. The van der Waals surface area contributed by atoms with E-state index >= 15 is 4.39 Å². The molecule has 0 spiro atoms. The molecule has 0 aromatic heterocycles. The zero-order valence-corrected chi connectivity index (χ0v) is 15.1. The minimum atomic E-state index is -0.807. The van der Waals surface area contributed by atoms with Crippen LogP contribution in [-0.4, -0.2) is 14.5 Å². The molecule has 0 amide bonds. The highest BCUT2D eigenvalue weighted by Crippen LogP contribution is 2.47. The second-order valence-corrected chi connectivity index (χ2v) is 7.50. The van der Waals surface area contributed by atoms with Crippen molar-refractivity contribution in [1.29, 1.82) is 0 Å². The van der Waals surface area contributed by atoms with Crippen molar-refractivity contribution in [2.45, 2.75) is 38.9 Å². The van der Waals surface area contributed by atoms with Crippen molar-refractivity contribution >= 4 is 7.85 Å². The highest BCUT2D eigenvalue weighted by Gasteiger charge is 2.32. The average molecular weight is 350 g/mol. The van der Waals surface area contributed by atoms with Gasteiger partial charge in [0.25, 0.3) is 0 Å². The molecule has 0 fully saturated rings. The summed E-state index contributed by atoms with van der Waals surface area (Å²) >= 11 is 0. The first-order chi connectivity index (χ1) is 12.5. The molecule has 2 aliphatic rings. The van der Waals surface area contributed by atoms with Gasteiger partial charge in [0.05, 0.1) is 7.85 Å². The van der Waals surface area contributed by atoms with Gasteiger partial charge in [0, 0.05) is 0 Å². The molecule has 2 radical (unpaired) electrons. The average Bonchev–Trinajstić information content (AvgIpc) is 2.92. The van der Waals surface area contributed by atoms with E-state index in [0.29, 0.717) is 40.3 Å². The molecule has 2 aliphatic carbocycles. The summed E-state index contributed by atoms with van der Waals surface area (Å²) in [6.45, 7) is 4.31. The molecule has 0 saturated carbocycles. The van der Waals surface area contributed by atoms with E-state index in [0.717, 1.165) is 19.3 Å². The summed E-state index contributed by atoms with van der Waals surface area (Å²) < 4.78 is 35.4. The summed E-state index contributed by atoms with van der Waals surface area (Å²) in [6, 6.07) is 6.92. The highest BCUT2D eigenvalue weighted by molar-refractivity contribution is 6.17. The molecule has 2 unspecified atom stereocenters. The van der Waals surface area contributed by atoms with Crippen molar-refractivity contribution in [1.82, 2.24) is 0 Å². The van der Waals surface area contributed by atoms with Gasteiger partial charge < -0.3 is 4.74 Å². The fourth-order valence-corrected chi connectivity index (χ4v) is 3.93. The van der Waals surface area contributed by atoms with E-state index in [1.54, 1.807) is 25.1 Å². The number of fused-ring (bicyclic) bond motifs is 3. The Morgan fingerprint density at radius 3 is 2.46 bits per heavy atom. The van der Waals surface area contributed by atoms with Crippen molar-refractivity contribution in [3.05, 3.63) is 64.2 Å². The molecule has 0 bridgehead atoms. The fourth-order valence-electron chi connectivity index (χ4n) is 3.93. The van der Waals surface area contributed by atoms with Gasteiger partial charge in [-0.2, -0.15) is 0 Å². The van der Waals surface area contributed by atoms with Crippen molar-refractivity contribution < 1.29 is 13.5 Å². The van der Waals surface area contributed by atoms with Crippen LogP contribution in [0.3, 0.4) is 0 Å². The van der Waals surface area contributed by atoms with Crippen LogP contribution in [0, 0.1) is 24.5 Å². The van der Waals surface area contributed by atoms with E-state index in [1.807, 2.05) is 6.07 Å². The van der Waals surface area contributed by atoms with E-state index in [4.69, 9.17) is 12.6 Å². The third-order valence-corrected chi connectivity index (χ3v) is 5.61. The molecular formula is C22H21BF2O. The first kappa shape index (κ1) is 17.3. The largest absolute Gasteiger partial charge is 0.486 e. The van der Waals surface area contributed by atoms with Gasteiger partial charge in [0.2, 0.25) is 0 Å². The molecule has 0 saturated heterocycles. The predicted molar refractivity (Wildman–Crippen MR) is 101 cm³/mol. The minimum absolute atomic E-state index is 0.184. The number of hydrogen-bond donors (Lipinski definition) is 0. The summed E-state index contributed by atoms with van der Waals surface area (Å²) in [7, 11) is 6.20. The zero-order valence-electron chi connectivity index (χ0n) is 15.1. The van der Waals surface area contributed by atoms with Crippen LogP contribution < -0.4 is 4.74 Å². The van der Waals surface area contributed by atoms with Crippen LogP contribution in [-0.2, 0) is 0 Å². The molecule has 4 heteroatoms. The van der Waals surface area contributed by atoms with Crippen LogP contribution in [0.25, 0.3) is 11.1 Å². The molecule has 26 heavy (non-hydrogen) atoms. The first-order valence-electron chi connectivity index (χ1n) is 9.15. The van der Waals surface area contributed by atoms with Crippen LogP contribution in [0.15, 0.2) is 35.9 Å². The summed E-state index contributed by atoms with van der Waals surface area (Å²) in [4.78, 5) is 0. The van der Waals surface area contributed by atoms with E-state index in [9.17, 15) is 4.39 Å². The van der Waals surface area contributed by atoms with Crippen LogP contribution in [0.4, 0.5) is 8.78 Å². The second-order valence-electron chi connectivity index (χ2n) is 7.50. The van der Waals surface area contributed by atoms with Crippen LogP contribution in [0.5, 0.6) is 5.75 Å². The van der Waals surface area contributed by atoms with Crippen molar-refractivity contribution in [3.63, 3.8) is 0 Å². The van der Waals surface area contributed by atoms with Gasteiger partial charge in [-0.1, -0.05) is 31.2 Å². The topological polar surface area (TPSA) is 9.23 Å². The molecule has 2 aromatic carbocycles. The molecule has 0 N–H and O–H groups in total. The fraction of sp³-hybridized carbons (Fsp3) is 0.364. The Morgan fingerprint density at radius 1 is 1.08 bits per heavy atom. The van der Waals surface area contributed by atoms with Crippen LogP contribution in [0.2, 0.25) is 0 Å². The van der Waals surface area contributed by atoms with E-state index in [-0.39, 0.29) is 11.6 Å². The lowest BCUT2D eigenvalue weighted by Gasteiger charge is -2.19. The SMILES string of the molecule is [B]C1c2c(ccc(C)c2F)-c2ccc(OCC3=CCC(C)CC3)c(F)c21. The van der Waals surface area contributed by atoms with Crippen molar-refractivity contribution in [2.24, 2.45) is 5.92 Å². The monoisotopic (exact) mass is 350 g/mol. The third-order valence-electron chi connectivity index (χ3n) is 5.61. The quantitative estimate of drug-likeness (QED) is 0.514. The molecule has 2 aromatic rings. The van der Waals surface area contributed by atoms with Gasteiger partial charge in [0.15, 0.2) is 11.6 Å². The number of aryl methyl sites for hydroxylation is 1. The number of rotatable bonds is 3. The highest BCUT2D eigenvalue weighted by atomic mass is 19.1. The standard InChI is InChI=1S/C22H21BF2O/c1-12-3-6-14(7-4-12)11-26-17-10-9-16-15-8-5-13(2)21(24)18(15)20(23)19(16)22(17)25/h5-6,8-10,12,20H,3-4,7,11H2,1-2H3. The number of hydrogen-bond acceptors (Lipinski definition) is 1.